The molecule has 2 saturated carbocycles. The van der Waals surface area contributed by atoms with E-state index < -0.39 is 0 Å². The predicted molar refractivity (Wildman–Crippen MR) is 142 cm³/mol. The first kappa shape index (κ1) is 25.6. The molecule has 37 heavy (non-hydrogen) atoms. The van der Waals surface area contributed by atoms with Crippen molar-refractivity contribution in [1.29, 1.82) is 0 Å². The van der Waals surface area contributed by atoms with Gasteiger partial charge in [-0.15, -0.1) is 0 Å². The summed E-state index contributed by atoms with van der Waals surface area (Å²) in [5, 5.41) is 2.82. The average molecular weight is 508 g/mol. The summed E-state index contributed by atoms with van der Waals surface area (Å²) in [6.07, 6.45) is 7.44. The van der Waals surface area contributed by atoms with E-state index in [1.165, 1.54) is 11.1 Å². The molecule has 5 atom stereocenters. The number of carbonyl (C=O) groups is 3. The molecule has 2 fully saturated rings. The summed E-state index contributed by atoms with van der Waals surface area (Å²) < 4.78 is 14.5. The lowest BCUT2D eigenvalue weighted by atomic mass is 9.54. The number of anilines is 1. The molecule has 1 aromatic heterocycles. The number of aromatic nitrogens is 1. The molecular weight excluding hydrogens is 469 g/mol. The van der Waals surface area contributed by atoms with Crippen LogP contribution in [0.25, 0.3) is 0 Å². The van der Waals surface area contributed by atoms with Gasteiger partial charge >= 0.3 is 0 Å². The Kier molecular flexibility index (Phi) is 6.90. The molecule has 6 nitrogen and oxygen atoms in total. The Bertz CT molecular complexity index is 1220. The molecule has 7 heteroatoms. The Morgan fingerprint density at radius 3 is 2.76 bits per heavy atom. The minimum Gasteiger partial charge on any atom is -0.345 e. The first-order valence-corrected chi connectivity index (χ1v) is 13.5. The third-order valence-corrected chi connectivity index (χ3v) is 9.23. The fourth-order valence-electron chi connectivity index (χ4n) is 7.48. The van der Waals surface area contributed by atoms with Crippen molar-refractivity contribution in [2.75, 3.05) is 19.4 Å². The van der Waals surface area contributed by atoms with Gasteiger partial charge in [-0.05, 0) is 91.5 Å². The molecule has 2 aromatic rings. The Balaban J connectivity index is 0.00000336. The van der Waals surface area contributed by atoms with E-state index in [9.17, 15) is 18.8 Å². The number of hydrogen-bond donors (Lipinski definition) is 1. The van der Waals surface area contributed by atoms with Crippen LogP contribution in [0, 0.1) is 29.0 Å². The maximum atomic E-state index is 14.5. The quantitative estimate of drug-likeness (QED) is 0.550. The highest BCUT2D eigenvalue weighted by atomic mass is 19.1. The van der Waals surface area contributed by atoms with Crippen LogP contribution in [-0.2, 0) is 16.0 Å². The van der Waals surface area contributed by atoms with E-state index in [1.54, 1.807) is 32.3 Å². The standard InChI is InChI=1S/C30H36FN3O3.H2/c1-30-15-14-21-20-7-5-8-24(31)22(20)11-12-23(21)28(30)18(16-25(30)35)6-4-9-27(36)33-26-13-10-19(17-32-26)29(37)34(2)3;/h5,7-8,10,13,17-18,21,23,28H,4,6,9,11-12,14-16H2,1-3H3,(H,32,33,36);1H/t18-,21?,23?,28?,30-;/m1./s1. The van der Waals surface area contributed by atoms with Crippen LogP contribution in [0.2, 0.25) is 0 Å². The third kappa shape index (κ3) is 4.69. The molecule has 3 aliphatic carbocycles. The van der Waals surface area contributed by atoms with Gasteiger partial charge in [-0.1, -0.05) is 19.1 Å². The first-order valence-electron chi connectivity index (χ1n) is 13.5. The van der Waals surface area contributed by atoms with Crippen molar-refractivity contribution in [2.24, 2.45) is 23.2 Å². The van der Waals surface area contributed by atoms with Gasteiger partial charge in [0.15, 0.2) is 0 Å². The van der Waals surface area contributed by atoms with E-state index in [0.29, 0.717) is 54.2 Å². The van der Waals surface area contributed by atoms with Gasteiger partial charge in [0.2, 0.25) is 5.91 Å². The number of hydrogen-bond acceptors (Lipinski definition) is 4. The lowest BCUT2D eigenvalue weighted by molar-refractivity contribution is -0.129. The van der Waals surface area contributed by atoms with Crippen molar-refractivity contribution in [2.45, 2.75) is 64.2 Å². The zero-order valence-electron chi connectivity index (χ0n) is 21.9. The number of carbonyl (C=O) groups excluding carboxylic acids is 3. The Morgan fingerprint density at radius 1 is 1.22 bits per heavy atom. The minimum absolute atomic E-state index is 0. The van der Waals surface area contributed by atoms with Gasteiger partial charge in [-0.3, -0.25) is 14.4 Å². The smallest absolute Gasteiger partial charge is 0.254 e. The SMILES string of the molecule is CN(C)C(=O)c1ccc(NC(=O)CCC[C@@H]2CC(=O)[C@@]3(C)CCC4c5cccc(F)c5CCC4C23)nc1.[HH]. The van der Waals surface area contributed by atoms with Crippen molar-refractivity contribution in [3.8, 4) is 0 Å². The fourth-order valence-corrected chi connectivity index (χ4v) is 7.48. The number of amides is 2. The van der Waals surface area contributed by atoms with Crippen molar-refractivity contribution < 1.29 is 20.2 Å². The van der Waals surface area contributed by atoms with Gasteiger partial charge < -0.3 is 10.2 Å². The van der Waals surface area contributed by atoms with Crippen molar-refractivity contribution in [3.05, 3.63) is 59.0 Å². The van der Waals surface area contributed by atoms with Crippen molar-refractivity contribution >= 4 is 23.4 Å². The van der Waals surface area contributed by atoms with Crippen LogP contribution in [0.4, 0.5) is 10.2 Å². The predicted octanol–water partition coefficient (Wildman–Crippen LogP) is 5.63. The van der Waals surface area contributed by atoms with E-state index in [1.807, 2.05) is 6.07 Å². The summed E-state index contributed by atoms with van der Waals surface area (Å²) in [6, 6.07) is 8.77. The monoisotopic (exact) mass is 507 g/mol. The second kappa shape index (κ2) is 9.99. The van der Waals surface area contributed by atoms with E-state index in [4.69, 9.17) is 0 Å². The average Bonchev–Trinajstić information content (AvgIpc) is 3.13. The second-order valence-electron chi connectivity index (χ2n) is 11.6. The van der Waals surface area contributed by atoms with E-state index >= 15 is 0 Å². The largest absolute Gasteiger partial charge is 0.345 e. The molecule has 0 aliphatic heterocycles. The fraction of sp³-hybridized carbons (Fsp3) is 0.533. The lowest BCUT2D eigenvalue weighted by Crippen LogP contribution is -2.44. The minimum atomic E-state index is -0.297. The van der Waals surface area contributed by atoms with Crippen LogP contribution >= 0.6 is 0 Å². The molecule has 198 valence electrons. The number of nitrogens with one attached hydrogen (secondary N) is 1. The van der Waals surface area contributed by atoms with Gasteiger partial charge in [0, 0.05) is 40.0 Å². The Hall–Kier alpha value is -3.09. The first-order chi connectivity index (χ1) is 17.7. The summed E-state index contributed by atoms with van der Waals surface area (Å²) in [5.74, 6) is 1.72. The van der Waals surface area contributed by atoms with Crippen LogP contribution in [0.15, 0.2) is 36.5 Å². The number of benzene rings is 1. The summed E-state index contributed by atoms with van der Waals surface area (Å²) in [7, 11) is 3.36. The second-order valence-corrected chi connectivity index (χ2v) is 11.6. The summed E-state index contributed by atoms with van der Waals surface area (Å²) >= 11 is 0. The number of ketones is 1. The summed E-state index contributed by atoms with van der Waals surface area (Å²) in [6.45, 7) is 2.15. The Labute approximate surface area is 219 Å². The highest BCUT2D eigenvalue weighted by Crippen LogP contribution is 2.62. The van der Waals surface area contributed by atoms with Gasteiger partial charge in [0.25, 0.3) is 5.91 Å². The molecule has 1 aromatic carbocycles. The van der Waals surface area contributed by atoms with Crippen LogP contribution in [0.5, 0.6) is 0 Å². The topological polar surface area (TPSA) is 79.4 Å². The molecule has 0 bridgehead atoms. The van der Waals surface area contributed by atoms with Crippen LogP contribution in [0.1, 0.15) is 80.7 Å². The van der Waals surface area contributed by atoms with Gasteiger partial charge in [-0.25, -0.2) is 9.37 Å². The molecule has 1 heterocycles. The summed E-state index contributed by atoms with van der Waals surface area (Å²) in [5.41, 5.74) is 2.20. The number of fused-ring (bicyclic) bond motifs is 5. The lowest BCUT2D eigenvalue weighted by Gasteiger charge is -2.50. The maximum absolute atomic E-state index is 14.5. The van der Waals surface area contributed by atoms with Crippen molar-refractivity contribution in [1.82, 2.24) is 9.88 Å². The third-order valence-electron chi connectivity index (χ3n) is 9.23. The molecule has 1 N–H and O–H groups in total. The molecule has 5 rings (SSSR count). The molecule has 0 radical (unpaired) electrons. The normalized spacial score (nSPS) is 28.2. The van der Waals surface area contributed by atoms with Gasteiger partial charge in [0.05, 0.1) is 5.56 Å². The highest BCUT2D eigenvalue weighted by molar-refractivity contribution is 5.94. The number of nitrogens with zero attached hydrogens (tertiary/aromatic N) is 2. The number of halogens is 1. The zero-order valence-corrected chi connectivity index (χ0v) is 21.9. The number of pyridine rings is 1. The molecule has 0 spiro atoms. The van der Waals surface area contributed by atoms with Crippen molar-refractivity contribution in [3.63, 3.8) is 0 Å². The number of Topliss-reactive ketones (excluding diaryl/α,β-unsaturated/α-hetero) is 1. The Morgan fingerprint density at radius 2 is 2.03 bits per heavy atom. The van der Waals surface area contributed by atoms with E-state index in [-0.39, 0.29) is 30.4 Å². The molecular formula is C30H38FN3O3. The van der Waals surface area contributed by atoms with E-state index in [2.05, 4.69) is 23.3 Å². The molecule has 3 aliphatic rings. The number of rotatable bonds is 6. The van der Waals surface area contributed by atoms with Gasteiger partial charge in [0.1, 0.15) is 17.4 Å². The van der Waals surface area contributed by atoms with Crippen LogP contribution in [-0.4, -0.2) is 41.6 Å². The summed E-state index contributed by atoms with van der Waals surface area (Å²) in [4.78, 5) is 43.5. The zero-order chi connectivity index (χ0) is 26.3. The highest BCUT2D eigenvalue weighted by Gasteiger charge is 2.58. The van der Waals surface area contributed by atoms with Gasteiger partial charge in [-0.2, -0.15) is 0 Å². The molecule has 3 unspecified atom stereocenters. The van der Waals surface area contributed by atoms with Crippen LogP contribution < -0.4 is 5.32 Å². The molecule has 2 amide bonds. The maximum Gasteiger partial charge on any atom is 0.254 e. The molecule has 0 saturated heterocycles. The van der Waals surface area contributed by atoms with E-state index in [0.717, 1.165) is 43.2 Å². The van der Waals surface area contributed by atoms with Crippen LogP contribution in [0.3, 0.4) is 0 Å².